The molecule has 0 radical (unpaired) electrons. The molecule has 16 heavy (non-hydrogen) atoms. The third-order valence-corrected chi connectivity index (χ3v) is 3.85. The first kappa shape index (κ1) is 11.8. The second-order valence-corrected chi connectivity index (χ2v) is 4.92. The number of ether oxygens (including phenoxy) is 1. The lowest BCUT2D eigenvalue weighted by Gasteiger charge is -2.51. The van der Waals surface area contributed by atoms with Crippen molar-refractivity contribution in [1.82, 2.24) is 9.80 Å². The predicted octanol–water partition coefficient (Wildman–Crippen LogP) is 0.695. The predicted molar refractivity (Wildman–Crippen MR) is 62.1 cm³/mol. The summed E-state index contributed by atoms with van der Waals surface area (Å²) in [5, 5.41) is 9.38. The van der Waals surface area contributed by atoms with E-state index in [9.17, 15) is 5.26 Å². The summed E-state index contributed by atoms with van der Waals surface area (Å²) in [5.41, 5.74) is -0.221. The molecule has 0 aromatic rings. The van der Waals surface area contributed by atoms with Crippen LogP contribution in [0.2, 0.25) is 0 Å². The number of likely N-dealkylation sites (N-methyl/N-ethyl adjacent to an activating group) is 1. The Morgan fingerprint density at radius 3 is 2.44 bits per heavy atom. The number of hydrogen-bond acceptors (Lipinski definition) is 4. The quantitative estimate of drug-likeness (QED) is 0.706. The van der Waals surface area contributed by atoms with E-state index >= 15 is 0 Å². The highest BCUT2D eigenvalue weighted by Gasteiger charge is 2.50. The molecule has 0 N–H and O–H groups in total. The smallest absolute Gasteiger partial charge is 0.114 e. The van der Waals surface area contributed by atoms with Crippen molar-refractivity contribution in [3.8, 4) is 6.07 Å². The SMILES string of the molecule is CCOC1CC(C#N)(N2CCN(C)CC2)C1. The van der Waals surface area contributed by atoms with Crippen molar-refractivity contribution in [1.29, 1.82) is 5.26 Å². The van der Waals surface area contributed by atoms with Gasteiger partial charge in [-0.05, 0) is 14.0 Å². The molecule has 1 heterocycles. The molecular formula is C12H21N3O. The van der Waals surface area contributed by atoms with Crippen molar-refractivity contribution in [2.24, 2.45) is 0 Å². The zero-order chi connectivity index (χ0) is 11.6. The van der Waals surface area contributed by atoms with E-state index < -0.39 is 0 Å². The summed E-state index contributed by atoms with van der Waals surface area (Å²) in [6.07, 6.45) is 2.09. The van der Waals surface area contributed by atoms with Gasteiger partial charge in [-0.2, -0.15) is 5.26 Å². The van der Waals surface area contributed by atoms with E-state index in [0.717, 1.165) is 45.6 Å². The van der Waals surface area contributed by atoms with Gasteiger partial charge >= 0.3 is 0 Å². The van der Waals surface area contributed by atoms with Gasteiger partial charge < -0.3 is 9.64 Å². The third kappa shape index (κ3) is 2.08. The van der Waals surface area contributed by atoms with Gasteiger partial charge in [0.2, 0.25) is 0 Å². The molecule has 0 unspecified atom stereocenters. The molecule has 0 amide bonds. The van der Waals surface area contributed by atoms with E-state index in [1.165, 1.54) is 0 Å². The Kier molecular flexibility index (Phi) is 3.48. The summed E-state index contributed by atoms with van der Waals surface area (Å²) in [4.78, 5) is 4.67. The zero-order valence-corrected chi connectivity index (χ0v) is 10.3. The van der Waals surface area contributed by atoms with Crippen molar-refractivity contribution in [2.45, 2.75) is 31.4 Å². The lowest BCUT2D eigenvalue weighted by Crippen LogP contribution is -2.63. The maximum Gasteiger partial charge on any atom is 0.114 e. The molecule has 1 aliphatic heterocycles. The van der Waals surface area contributed by atoms with Gasteiger partial charge in [0.05, 0.1) is 12.2 Å². The normalized spacial score (nSPS) is 36.7. The van der Waals surface area contributed by atoms with Crippen molar-refractivity contribution in [2.75, 3.05) is 39.8 Å². The third-order valence-electron chi connectivity index (χ3n) is 3.85. The van der Waals surface area contributed by atoms with Gasteiger partial charge in [-0.1, -0.05) is 0 Å². The Morgan fingerprint density at radius 2 is 1.94 bits per heavy atom. The Balaban J connectivity index is 1.90. The van der Waals surface area contributed by atoms with Crippen LogP contribution in [0.5, 0.6) is 0 Å². The van der Waals surface area contributed by atoms with Crippen LogP contribution in [0.1, 0.15) is 19.8 Å². The molecule has 1 saturated heterocycles. The van der Waals surface area contributed by atoms with Gasteiger partial charge in [0.15, 0.2) is 0 Å². The molecule has 4 heteroatoms. The maximum atomic E-state index is 9.38. The van der Waals surface area contributed by atoms with Crippen LogP contribution in [0.15, 0.2) is 0 Å². The fourth-order valence-corrected chi connectivity index (χ4v) is 2.70. The van der Waals surface area contributed by atoms with Crippen molar-refractivity contribution < 1.29 is 4.74 Å². The minimum absolute atomic E-state index is 0.221. The molecule has 0 bridgehead atoms. The fraction of sp³-hybridized carbons (Fsp3) is 0.917. The molecule has 0 spiro atoms. The van der Waals surface area contributed by atoms with E-state index in [1.54, 1.807) is 0 Å². The highest BCUT2D eigenvalue weighted by atomic mass is 16.5. The van der Waals surface area contributed by atoms with Crippen LogP contribution >= 0.6 is 0 Å². The van der Waals surface area contributed by atoms with E-state index in [2.05, 4.69) is 22.9 Å². The van der Waals surface area contributed by atoms with Crippen LogP contribution in [-0.2, 0) is 4.74 Å². The van der Waals surface area contributed by atoms with E-state index in [-0.39, 0.29) is 5.54 Å². The lowest BCUT2D eigenvalue weighted by molar-refractivity contribution is -0.0867. The highest BCUT2D eigenvalue weighted by Crippen LogP contribution is 2.39. The first-order valence-electron chi connectivity index (χ1n) is 6.16. The zero-order valence-electron chi connectivity index (χ0n) is 10.3. The Morgan fingerprint density at radius 1 is 1.31 bits per heavy atom. The van der Waals surface area contributed by atoms with Crippen LogP contribution in [0.3, 0.4) is 0 Å². The molecule has 2 fully saturated rings. The molecule has 4 nitrogen and oxygen atoms in total. The lowest BCUT2D eigenvalue weighted by atomic mass is 9.73. The van der Waals surface area contributed by atoms with Gasteiger partial charge in [-0.3, -0.25) is 4.90 Å². The molecule has 0 aromatic carbocycles. The summed E-state index contributed by atoms with van der Waals surface area (Å²) in [6, 6.07) is 2.52. The summed E-state index contributed by atoms with van der Waals surface area (Å²) < 4.78 is 5.56. The van der Waals surface area contributed by atoms with Crippen LogP contribution < -0.4 is 0 Å². The van der Waals surface area contributed by atoms with Crippen LogP contribution in [-0.4, -0.2) is 61.3 Å². The van der Waals surface area contributed by atoms with Crippen molar-refractivity contribution in [3.63, 3.8) is 0 Å². The van der Waals surface area contributed by atoms with Gasteiger partial charge in [-0.25, -0.2) is 0 Å². The number of rotatable bonds is 3. The van der Waals surface area contributed by atoms with Crippen LogP contribution in [0.4, 0.5) is 0 Å². The van der Waals surface area contributed by atoms with E-state index in [4.69, 9.17) is 4.74 Å². The van der Waals surface area contributed by atoms with Gasteiger partial charge in [0.25, 0.3) is 0 Å². The molecule has 90 valence electrons. The average Bonchev–Trinajstić information content (AvgIpc) is 2.24. The minimum atomic E-state index is -0.221. The second-order valence-electron chi connectivity index (χ2n) is 4.92. The van der Waals surface area contributed by atoms with Crippen molar-refractivity contribution >= 4 is 0 Å². The summed E-state index contributed by atoms with van der Waals surface area (Å²) >= 11 is 0. The molecule has 2 aliphatic rings. The Labute approximate surface area is 97.8 Å². The van der Waals surface area contributed by atoms with Gasteiger partial charge in [0, 0.05) is 45.6 Å². The highest BCUT2D eigenvalue weighted by molar-refractivity contribution is 5.18. The molecular weight excluding hydrogens is 202 g/mol. The fourth-order valence-electron chi connectivity index (χ4n) is 2.70. The number of piperazine rings is 1. The maximum absolute atomic E-state index is 9.38. The molecule has 1 saturated carbocycles. The van der Waals surface area contributed by atoms with E-state index in [0.29, 0.717) is 6.10 Å². The summed E-state index contributed by atoms with van der Waals surface area (Å²) in [5.74, 6) is 0. The van der Waals surface area contributed by atoms with Gasteiger partial charge in [0.1, 0.15) is 5.54 Å². The first-order chi connectivity index (χ1) is 7.70. The standard InChI is InChI=1S/C12H21N3O/c1-3-16-11-8-12(9-11,10-13)15-6-4-14(2)5-7-15/h11H,3-9H2,1-2H3. The second kappa shape index (κ2) is 4.70. The van der Waals surface area contributed by atoms with Crippen LogP contribution in [0.25, 0.3) is 0 Å². The molecule has 0 aromatic heterocycles. The van der Waals surface area contributed by atoms with Crippen molar-refractivity contribution in [3.05, 3.63) is 0 Å². The average molecular weight is 223 g/mol. The Hall–Kier alpha value is -0.630. The first-order valence-corrected chi connectivity index (χ1v) is 6.16. The van der Waals surface area contributed by atoms with E-state index in [1.807, 2.05) is 6.92 Å². The summed E-state index contributed by atoms with van der Waals surface area (Å²) in [7, 11) is 2.14. The largest absolute Gasteiger partial charge is 0.378 e. The Bertz CT molecular complexity index is 272. The minimum Gasteiger partial charge on any atom is -0.378 e. The van der Waals surface area contributed by atoms with Gasteiger partial charge in [-0.15, -0.1) is 0 Å². The number of hydrogen-bond donors (Lipinski definition) is 0. The molecule has 0 atom stereocenters. The molecule has 1 aliphatic carbocycles. The summed E-state index contributed by atoms with van der Waals surface area (Å²) in [6.45, 7) is 6.95. The number of nitrogens with zero attached hydrogens (tertiary/aromatic N) is 3. The number of nitriles is 1. The monoisotopic (exact) mass is 223 g/mol. The van der Waals surface area contributed by atoms with Crippen LogP contribution in [0, 0.1) is 11.3 Å². The molecule has 2 rings (SSSR count). The topological polar surface area (TPSA) is 39.5 Å².